The van der Waals surface area contributed by atoms with Crippen LogP contribution in [0.4, 0.5) is 11.4 Å². The Morgan fingerprint density at radius 1 is 1.13 bits per heavy atom. The Morgan fingerprint density at radius 3 is 2.61 bits per heavy atom. The van der Waals surface area contributed by atoms with Crippen molar-refractivity contribution >= 4 is 27.3 Å². The minimum absolute atomic E-state index is 0.137. The molecule has 1 amide bonds. The van der Waals surface area contributed by atoms with Gasteiger partial charge in [0.25, 0.3) is 5.91 Å². The van der Waals surface area contributed by atoms with Crippen molar-refractivity contribution in [1.29, 1.82) is 0 Å². The SMILES string of the molecule is CCc1ccccc1NC(=O)[C@@H]1Nc2ccccc2S(=O)(=O)N1. The summed E-state index contributed by atoms with van der Waals surface area (Å²) in [5.74, 6) is -0.455. The number of nitrogens with one attached hydrogen (secondary N) is 3. The third-order valence-corrected chi connectivity index (χ3v) is 5.15. The van der Waals surface area contributed by atoms with E-state index in [2.05, 4.69) is 15.4 Å². The minimum Gasteiger partial charge on any atom is -0.360 e. The molecule has 0 saturated heterocycles. The molecule has 6 nitrogen and oxygen atoms in total. The standard InChI is InChI=1S/C16H17N3O3S/c1-2-11-7-3-4-8-12(11)18-16(20)15-17-13-9-5-6-10-14(13)23(21,22)19-15/h3-10,15,17,19H,2H2,1H3,(H,18,20)/t15-/m1/s1. The maximum absolute atomic E-state index is 12.4. The smallest absolute Gasteiger partial charge is 0.262 e. The minimum atomic E-state index is -3.72. The molecule has 3 rings (SSSR count). The summed E-state index contributed by atoms with van der Waals surface area (Å²) < 4.78 is 26.8. The summed E-state index contributed by atoms with van der Waals surface area (Å²) >= 11 is 0. The number of aryl methyl sites for hydroxylation is 1. The van der Waals surface area contributed by atoms with Gasteiger partial charge in [0, 0.05) is 5.69 Å². The van der Waals surface area contributed by atoms with Crippen molar-refractivity contribution in [3.05, 3.63) is 54.1 Å². The lowest BCUT2D eigenvalue weighted by molar-refractivity contribution is -0.117. The van der Waals surface area contributed by atoms with Gasteiger partial charge in [0.1, 0.15) is 4.90 Å². The summed E-state index contributed by atoms with van der Waals surface area (Å²) in [6.45, 7) is 1.99. The van der Waals surface area contributed by atoms with Crippen molar-refractivity contribution in [3.8, 4) is 0 Å². The highest BCUT2D eigenvalue weighted by atomic mass is 32.2. The molecule has 7 heteroatoms. The van der Waals surface area contributed by atoms with Gasteiger partial charge in [-0.3, -0.25) is 4.79 Å². The van der Waals surface area contributed by atoms with E-state index in [9.17, 15) is 13.2 Å². The average Bonchev–Trinajstić information content (AvgIpc) is 2.54. The van der Waals surface area contributed by atoms with E-state index in [4.69, 9.17) is 0 Å². The molecule has 2 aromatic carbocycles. The highest BCUT2D eigenvalue weighted by Gasteiger charge is 2.32. The Kier molecular flexibility index (Phi) is 4.06. The first kappa shape index (κ1) is 15.5. The van der Waals surface area contributed by atoms with Crippen LogP contribution in [0.5, 0.6) is 0 Å². The summed E-state index contributed by atoms with van der Waals surface area (Å²) in [4.78, 5) is 12.6. The lowest BCUT2D eigenvalue weighted by atomic mass is 10.1. The number of benzene rings is 2. The number of anilines is 2. The van der Waals surface area contributed by atoms with Crippen LogP contribution in [-0.2, 0) is 21.2 Å². The first-order valence-corrected chi connectivity index (χ1v) is 8.76. The number of amides is 1. The van der Waals surface area contributed by atoms with E-state index in [0.29, 0.717) is 11.4 Å². The Bertz CT molecular complexity index is 849. The lowest BCUT2D eigenvalue weighted by Gasteiger charge is -2.27. The van der Waals surface area contributed by atoms with E-state index in [1.807, 2.05) is 25.1 Å². The van der Waals surface area contributed by atoms with Crippen molar-refractivity contribution in [2.75, 3.05) is 10.6 Å². The Hall–Kier alpha value is -2.38. The molecule has 120 valence electrons. The zero-order valence-corrected chi connectivity index (χ0v) is 13.4. The van der Waals surface area contributed by atoms with Crippen LogP contribution >= 0.6 is 0 Å². The summed E-state index contributed by atoms with van der Waals surface area (Å²) in [6.07, 6.45) is -0.289. The van der Waals surface area contributed by atoms with Crippen LogP contribution in [-0.4, -0.2) is 20.5 Å². The number of carbonyl (C=O) groups is 1. The van der Waals surface area contributed by atoms with Crippen LogP contribution in [0.15, 0.2) is 53.4 Å². The van der Waals surface area contributed by atoms with Crippen LogP contribution in [0.3, 0.4) is 0 Å². The first-order chi connectivity index (χ1) is 11.0. The second-order valence-corrected chi connectivity index (χ2v) is 6.88. The third-order valence-electron chi connectivity index (χ3n) is 3.67. The predicted molar refractivity (Wildman–Crippen MR) is 88.6 cm³/mol. The molecule has 0 radical (unpaired) electrons. The van der Waals surface area contributed by atoms with E-state index >= 15 is 0 Å². The van der Waals surface area contributed by atoms with Crippen molar-refractivity contribution in [2.45, 2.75) is 24.4 Å². The maximum Gasteiger partial charge on any atom is 0.262 e. The molecule has 1 aliphatic heterocycles. The normalized spacial score (nSPS) is 18.6. The van der Waals surface area contributed by atoms with E-state index in [1.54, 1.807) is 24.3 Å². The largest absolute Gasteiger partial charge is 0.360 e. The number of sulfonamides is 1. The summed E-state index contributed by atoms with van der Waals surface area (Å²) in [5.41, 5.74) is 2.08. The average molecular weight is 331 g/mol. The molecule has 1 heterocycles. The van der Waals surface area contributed by atoms with Crippen molar-refractivity contribution in [1.82, 2.24) is 4.72 Å². The maximum atomic E-state index is 12.4. The third kappa shape index (κ3) is 3.06. The number of para-hydroxylation sites is 2. The Morgan fingerprint density at radius 2 is 1.83 bits per heavy atom. The molecule has 1 atom stereocenters. The summed E-state index contributed by atoms with van der Waals surface area (Å²) in [6, 6.07) is 13.9. The molecule has 0 fully saturated rings. The van der Waals surface area contributed by atoms with Gasteiger partial charge in [-0.15, -0.1) is 0 Å². The Labute approximate surface area is 135 Å². The van der Waals surface area contributed by atoms with E-state index in [0.717, 1.165) is 12.0 Å². The van der Waals surface area contributed by atoms with Gasteiger partial charge in [-0.25, -0.2) is 8.42 Å². The number of hydrogen-bond donors (Lipinski definition) is 3. The van der Waals surface area contributed by atoms with Crippen LogP contribution < -0.4 is 15.4 Å². The van der Waals surface area contributed by atoms with Gasteiger partial charge in [-0.1, -0.05) is 37.3 Å². The van der Waals surface area contributed by atoms with E-state index in [-0.39, 0.29) is 4.90 Å². The van der Waals surface area contributed by atoms with Crippen molar-refractivity contribution in [2.24, 2.45) is 0 Å². The van der Waals surface area contributed by atoms with E-state index in [1.165, 1.54) is 6.07 Å². The molecule has 2 aromatic rings. The summed E-state index contributed by atoms with van der Waals surface area (Å²) in [5, 5.41) is 5.68. The van der Waals surface area contributed by atoms with Gasteiger partial charge in [-0.2, -0.15) is 4.72 Å². The fourth-order valence-electron chi connectivity index (χ4n) is 2.50. The zero-order valence-electron chi connectivity index (χ0n) is 12.5. The van der Waals surface area contributed by atoms with Crippen molar-refractivity contribution in [3.63, 3.8) is 0 Å². The molecular formula is C16H17N3O3S. The fourth-order valence-corrected chi connectivity index (χ4v) is 3.78. The number of hydrogen-bond acceptors (Lipinski definition) is 4. The zero-order chi connectivity index (χ0) is 16.4. The van der Waals surface area contributed by atoms with Crippen LogP contribution in [0.1, 0.15) is 12.5 Å². The highest BCUT2D eigenvalue weighted by Crippen LogP contribution is 2.25. The lowest BCUT2D eigenvalue weighted by Crippen LogP contribution is -2.51. The molecule has 0 spiro atoms. The van der Waals surface area contributed by atoms with Crippen LogP contribution in [0.2, 0.25) is 0 Å². The van der Waals surface area contributed by atoms with Gasteiger partial charge in [0.05, 0.1) is 5.69 Å². The molecule has 0 aliphatic carbocycles. The quantitative estimate of drug-likeness (QED) is 0.802. The second-order valence-electron chi connectivity index (χ2n) is 5.19. The van der Waals surface area contributed by atoms with E-state index < -0.39 is 22.1 Å². The monoisotopic (exact) mass is 331 g/mol. The van der Waals surface area contributed by atoms with Crippen molar-refractivity contribution < 1.29 is 13.2 Å². The molecule has 0 bridgehead atoms. The molecule has 0 saturated carbocycles. The summed E-state index contributed by atoms with van der Waals surface area (Å²) in [7, 11) is -3.72. The van der Waals surface area contributed by atoms with Gasteiger partial charge < -0.3 is 10.6 Å². The first-order valence-electron chi connectivity index (χ1n) is 7.28. The van der Waals surface area contributed by atoms with Gasteiger partial charge in [-0.05, 0) is 30.2 Å². The molecule has 0 unspecified atom stereocenters. The van der Waals surface area contributed by atoms with Crippen LogP contribution in [0.25, 0.3) is 0 Å². The van der Waals surface area contributed by atoms with Gasteiger partial charge in [0.15, 0.2) is 6.17 Å². The number of fused-ring (bicyclic) bond motifs is 1. The fraction of sp³-hybridized carbons (Fsp3) is 0.188. The van der Waals surface area contributed by atoms with Gasteiger partial charge in [0.2, 0.25) is 10.0 Å². The molecule has 3 N–H and O–H groups in total. The molecule has 23 heavy (non-hydrogen) atoms. The number of carbonyl (C=O) groups excluding carboxylic acids is 1. The highest BCUT2D eigenvalue weighted by molar-refractivity contribution is 7.89. The topological polar surface area (TPSA) is 87.3 Å². The predicted octanol–water partition coefficient (Wildman–Crippen LogP) is 1.92. The number of rotatable bonds is 3. The molecule has 0 aromatic heterocycles. The molecular weight excluding hydrogens is 314 g/mol. The van der Waals surface area contributed by atoms with Crippen LogP contribution in [0, 0.1) is 0 Å². The van der Waals surface area contributed by atoms with Gasteiger partial charge >= 0.3 is 0 Å². The Balaban J connectivity index is 1.85. The second kappa shape index (κ2) is 6.02. The molecule has 1 aliphatic rings.